The van der Waals surface area contributed by atoms with Crippen LogP contribution >= 0.6 is 0 Å². The SMILES string of the molecule is C1=CCC(c2c3ccccc3c(-c3ccccc3)c3cc(-c4ccccc4-c4ccccc4-c4ccc5c(c4)c4cccnc4n5-c4ccccc4)ccc23)C=C1. The fourth-order valence-electron chi connectivity index (χ4n) is 9.28. The van der Waals surface area contributed by atoms with Gasteiger partial charge in [0.25, 0.3) is 0 Å². The zero-order chi connectivity index (χ0) is 37.7. The lowest BCUT2D eigenvalue weighted by Gasteiger charge is -2.23. The van der Waals surface area contributed by atoms with E-state index in [1.165, 1.54) is 77.0 Å². The van der Waals surface area contributed by atoms with E-state index in [1.807, 2.05) is 12.3 Å². The van der Waals surface area contributed by atoms with Crippen molar-refractivity contribution < 1.29 is 0 Å². The van der Waals surface area contributed by atoms with Crippen molar-refractivity contribution in [3.05, 3.63) is 218 Å². The molecule has 0 fully saturated rings. The lowest BCUT2D eigenvalue weighted by molar-refractivity contribution is 0.870. The van der Waals surface area contributed by atoms with Gasteiger partial charge in [0.05, 0.1) is 5.52 Å². The van der Waals surface area contributed by atoms with E-state index < -0.39 is 0 Å². The number of pyridine rings is 1. The smallest absolute Gasteiger partial charge is 0.145 e. The number of nitrogens with zero attached hydrogens (tertiary/aromatic N) is 2. The second-order valence-corrected chi connectivity index (χ2v) is 15.0. The summed E-state index contributed by atoms with van der Waals surface area (Å²) in [6, 6.07) is 66.5. The van der Waals surface area contributed by atoms with Gasteiger partial charge < -0.3 is 0 Å². The second-order valence-electron chi connectivity index (χ2n) is 15.0. The van der Waals surface area contributed by atoms with Crippen LogP contribution < -0.4 is 0 Å². The molecule has 8 aromatic carbocycles. The second kappa shape index (κ2) is 13.8. The molecule has 11 rings (SSSR count). The molecule has 0 radical (unpaired) electrons. The molecular formula is C55H38N2. The van der Waals surface area contributed by atoms with Gasteiger partial charge >= 0.3 is 0 Å². The Morgan fingerprint density at radius 2 is 1.04 bits per heavy atom. The Morgan fingerprint density at radius 1 is 0.439 bits per heavy atom. The molecule has 0 amide bonds. The molecular weight excluding hydrogens is 689 g/mol. The summed E-state index contributed by atoms with van der Waals surface area (Å²) in [5, 5.41) is 7.56. The number of rotatable bonds is 6. The standard InChI is InChI=1S/C55H38N2/c1-4-17-37(18-5-1)53-46-27-14-15-28-47(46)54(38-19-6-2-7-20-38)51-36-39(30-32-48(51)53)42-23-10-12-25-44(42)45-26-13-11-24-43(45)40-31-33-52-50(35-40)49-29-16-34-56-55(49)57(52)41-21-8-3-9-22-41/h1-17,19-37H,18H2. The van der Waals surface area contributed by atoms with Gasteiger partial charge in [-0.3, -0.25) is 4.57 Å². The molecule has 1 atom stereocenters. The van der Waals surface area contributed by atoms with Gasteiger partial charge in [0.2, 0.25) is 0 Å². The van der Waals surface area contributed by atoms with E-state index in [0.717, 1.165) is 28.7 Å². The van der Waals surface area contributed by atoms with Crippen LogP contribution in [0.3, 0.4) is 0 Å². The first-order valence-corrected chi connectivity index (χ1v) is 19.8. The lowest BCUT2D eigenvalue weighted by Crippen LogP contribution is -2.01. The molecule has 2 nitrogen and oxygen atoms in total. The van der Waals surface area contributed by atoms with Crippen molar-refractivity contribution in [1.82, 2.24) is 9.55 Å². The van der Waals surface area contributed by atoms with Crippen molar-refractivity contribution in [2.24, 2.45) is 0 Å². The molecule has 2 aromatic heterocycles. The van der Waals surface area contributed by atoms with Gasteiger partial charge in [-0.15, -0.1) is 0 Å². The molecule has 0 spiro atoms. The first-order valence-electron chi connectivity index (χ1n) is 19.8. The summed E-state index contributed by atoms with van der Waals surface area (Å²) in [5.74, 6) is 0.312. The Kier molecular flexibility index (Phi) is 8.00. The van der Waals surface area contributed by atoms with E-state index in [-0.39, 0.29) is 0 Å². The summed E-state index contributed by atoms with van der Waals surface area (Å²) in [6.45, 7) is 0. The Labute approximate surface area is 332 Å². The summed E-state index contributed by atoms with van der Waals surface area (Å²) < 4.78 is 2.27. The summed E-state index contributed by atoms with van der Waals surface area (Å²) in [5.41, 5.74) is 14.4. The summed E-state index contributed by atoms with van der Waals surface area (Å²) in [6.07, 6.45) is 11.9. The summed E-state index contributed by atoms with van der Waals surface area (Å²) in [4.78, 5) is 4.86. The van der Waals surface area contributed by atoms with Crippen LogP contribution in [-0.2, 0) is 0 Å². The molecule has 10 aromatic rings. The Bertz CT molecular complexity index is 3200. The molecule has 1 aliphatic rings. The van der Waals surface area contributed by atoms with Crippen LogP contribution in [0.1, 0.15) is 17.9 Å². The topological polar surface area (TPSA) is 17.8 Å². The van der Waals surface area contributed by atoms with Gasteiger partial charge in [0, 0.05) is 28.6 Å². The van der Waals surface area contributed by atoms with Crippen molar-refractivity contribution in [3.8, 4) is 50.2 Å². The molecule has 57 heavy (non-hydrogen) atoms. The van der Waals surface area contributed by atoms with E-state index in [1.54, 1.807) is 0 Å². The van der Waals surface area contributed by atoms with Gasteiger partial charge in [0.1, 0.15) is 5.65 Å². The third-order valence-corrected chi connectivity index (χ3v) is 11.8. The molecule has 0 saturated heterocycles. The maximum Gasteiger partial charge on any atom is 0.145 e. The monoisotopic (exact) mass is 726 g/mol. The fraction of sp³-hybridized carbons (Fsp3) is 0.0364. The third kappa shape index (κ3) is 5.52. The van der Waals surface area contributed by atoms with E-state index in [4.69, 9.17) is 4.98 Å². The van der Waals surface area contributed by atoms with Crippen molar-refractivity contribution in [3.63, 3.8) is 0 Å². The average molecular weight is 727 g/mol. The van der Waals surface area contributed by atoms with Crippen LogP contribution in [0, 0.1) is 0 Å². The number of hydrogen-bond acceptors (Lipinski definition) is 1. The number of allylic oxidation sites excluding steroid dienone is 4. The predicted octanol–water partition coefficient (Wildman–Crippen LogP) is 14.8. The lowest BCUT2D eigenvalue weighted by atomic mass is 9.80. The van der Waals surface area contributed by atoms with E-state index in [2.05, 4.69) is 205 Å². The normalized spacial score (nSPS) is 13.9. The minimum atomic E-state index is 0.312. The highest BCUT2D eigenvalue weighted by atomic mass is 15.0. The number of hydrogen-bond donors (Lipinski definition) is 0. The molecule has 0 aliphatic heterocycles. The van der Waals surface area contributed by atoms with Crippen LogP contribution in [0.15, 0.2) is 212 Å². The van der Waals surface area contributed by atoms with Gasteiger partial charge in [0.15, 0.2) is 0 Å². The zero-order valence-electron chi connectivity index (χ0n) is 31.4. The Morgan fingerprint density at radius 3 is 1.75 bits per heavy atom. The quantitative estimate of drug-likeness (QED) is 0.156. The van der Waals surface area contributed by atoms with Crippen molar-refractivity contribution in [2.45, 2.75) is 12.3 Å². The molecule has 1 unspecified atom stereocenters. The van der Waals surface area contributed by atoms with E-state index in [0.29, 0.717) is 5.92 Å². The molecule has 268 valence electrons. The molecule has 1 aliphatic carbocycles. The van der Waals surface area contributed by atoms with Gasteiger partial charge in [-0.05, 0) is 121 Å². The molecule has 0 N–H and O–H groups in total. The Hall–Kier alpha value is -7.29. The number of benzene rings is 8. The number of para-hydroxylation sites is 1. The largest absolute Gasteiger partial charge is 0.294 e. The molecule has 0 bridgehead atoms. The minimum absolute atomic E-state index is 0.312. The van der Waals surface area contributed by atoms with Crippen molar-refractivity contribution in [1.29, 1.82) is 0 Å². The molecule has 0 saturated carbocycles. The fourth-order valence-corrected chi connectivity index (χ4v) is 9.28. The highest BCUT2D eigenvalue weighted by Crippen LogP contribution is 2.46. The average Bonchev–Trinajstić information content (AvgIpc) is 3.62. The minimum Gasteiger partial charge on any atom is -0.294 e. The number of aromatic nitrogens is 2. The van der Waals surface area contributed by atoms with Gasteiger partial charge in [-0.1, -0.05) is 164 Å². The van der Waals surface area contributed by atoms with Crippen LogP contribution in [0.25, 0.3) is 93.7 Å². The first kappa shape index (κ1) is 33.1. The maximum absolute atomic E-state index is 4.86. The van der Waals surface area contributed by atoms with Crippen LogP contribution in [0.5, 0.6) is 0 Å². The van der Waals surface area contributed by atoms with Crippen molar-refractivity contribution in [2.75, 3.05) is 0 Å². The summed E-state index contributed by atoms with van der Waals surface area (Å²) >= 11 is 0. The molecule has 2 heteroatoms. The van der Waals surface area contributed by atoms with Gasteiger partial charge in [-0.2, -0.15) is 0 Å². The van der Waals surface area contributed by atoms with Crippen LogP contribution in [-0.4, -0.2) is 9.55 Å². The predicted molar refractivity (Wildman–Crippen MR) is 241 cm³/mol. The highest BCUT2D eigenvalue weighted by molar-refractivity contribution is 6.16. The van der Waals surface area contributed by atoms with E-state index in [9.17, 15) is 0 Å². The molecule has 2 heterocycles. The van der Waals surface area contributed by atoms with Crippen LogP contribution in [0.2, 0.25) is 0 Å². The van der Waals surface area contributed by atoms with Gasteiger partial charge in [-0.25, -0.2) is 4.98 Å². The first-order chi connectivity index (χ1) is 28.3. The summed E-state index contributed by atoms with van der Waals surface area (Å²) in [7, 11) is 0. The van der Waals surface area contributed by atoms with Crippen molar-refractivity contribution >= 4 is 43.5 Å². The van der Waals surface area contributed by atoms with Crippen LogP contribution in [0.4, 0.5) is 0 Å². The zero-order valence-corrected chi connectivity index (χ0v) is 31.4. The Balaban J connectivity index is 1.11. The highest BCUT2D eigenvalue weighted by Gasteiger charge is 2.22. The van der Waals surface area contributed by atoms with E-state index >= 15 is 0 Å². The maximum atomic E-state index is 4.86. The third-order valence-electron chi connectivity index (χ3n) is 11.8. The number of fused-ring (bicyclic) bond motifs is 5.